The van der Waals surface area contributed by atoms with Crippen LogP contribution in [-0.2, 0) is 0 Å². The number of ether oxygens (including phenoxy) is 2. The van der Waals surface area contributed by atoms with Gasteiger partial charge in [0.1, 0.15) is 0 Å². The van der Waals surface area contributed by atoms with E-state index in [9.17, 15) is 0 Å². The van der Waals surface area contributed by atoms with Crippen LogP contribution in [-0.4, -0.2) is 26.8 Å². The predicted octanol–water partition coefficient (Wildman–Crippen LogP) is 4.54. The molecule has 21 heavy (non-hydrogen) atoms. The van der Waals surface area contributed by atoms with Crippen molar-refractivity contribution in [3.05, 3.63) is 28.3 Å². The molecular weight excluding hydrogens is 286 g/mol. The Morgan fingerprint density at radius 3 is 2.62 bits per heavy atom. The lowest BCUT2D eigenvalue weighted by atomic mass is 10.1. The van der Waals surface area contributed by atoms with Gasteiger partial charge < -0.3 is 14.8 Å². The van der Waals surface area contributed by atoms with E-state index < -0.39 is 0 Å². The summed E-state index contributed by atoms with van der Waals surface area (Å²) in [5.74, 6) is 1.29. The zero-order chi connectivity index (χ0) is 15.7. The van der Waals surface area contributed by atoms with Crippen molar-refractivity contribution >= 4 is 17.7 Å². The van der Waals surface area contributed by atoms with Crippen molar-refractivity contribution < 1.29 is 9.47 Å². The second kappa shape index (κ2) is 9.69. The third kappa shape index (κ3) is 5.60. The van der Waals surface area contributed by atoms with Crippen LogP contribution in [0.4, 0.5) is 0 Å². The molecule has 1 aromatic carbocycles. The minimum Gasteiger partial charge on any atom is -0.491 e. The highest BCUT2D eigenvalue weighted by Crippen LogP contribution is 2.36. The molecule has 0 aromatic heterocycles. The Balaban J connectivity index is 3.00. The zero-order valence-electron chi connectivity index (χ0n) is 13.5. The number of hydrogen-bond acceptors (Lipinski definition) is 3. The van der Waals surface area contributed by atoms with Crippen LogP contribution < -0.4 is 14.8 Å². The largest absolute Gasteiger partial charge is 0.491 e. The van der Waals surface area contributed by atoms with Crippen molar-refractivity contribution in [3.63, 3.8) is 0 Å². The van der Waals surface area contributed by atoms with Gasteiger partial charge >= 0.3 is 0 Å². The van der Waals surface area contributed by atoms with E-state index in [1.165, 1.54) is 5.57 Å². The Labute approximate surface area is 133 Å². The van der Waals surface area contributed by atoms with Crippen LogP contribution in [0.1, 0.15) is 39.2 Å². The van der Waals surface area contributed by atoms with Crippen molar-refractivity contribution in [3.8, 4) is 11.5 Å². The minimum atomic E-state index is 0.576. The van der Waals surface area contributed by atoms with Crippen LogP contribution >= 0.6 is 11.6 Å². The molecule has 118 valence electrons. The average Bonchev–Trinajstić information content (AvgIpc) is 2.46. The Morgan fingerprint density at radius 1 is 1.29 bits per heavy atom. The van der Waals surface area contributed by atoms with Crippen molar-refractivity contribution in [1.29, 1.82) is 0 Å². The van der Waals surface area contributed by atoms with Crippen LogP contribution in [0.3, 0.4) is 0 Å². The van der Waals surface area contributed by atoms with Crippen LogP contribution in [0.15, 0.2) is 17.7 Å². The monoisotopic (exact) mass is 311 g/mol. The molecule has 0 aliphatic heterocycles. The van der Waals surface area contributed by atoms with Crippen LogP contribution in [0, 0.1) is 0 Å². The van der Waals surface area contributed by atoms with Crippen molar-refractivity contribution in [1.82, 2.24) is 5.32 Å². The number of nitrogens with one attached hydrogen (secondary N) is 1. The van der Waals surface area contributed by atoms with E-state index in [2.05, 4.69) is 25.2 Å². The van der Waals surface area contributed by atoms with Gasteiger partial charge in [-0.2, -0.15) is 0 Å². The lowest BCUT2D eigenvalue weighted by molar-refractivity contribution is 0.311. The molecule has 0 heterocycles. The fourth-order valence-electron chi connectivity index (χ4n) is 2.07. The molecule has 0 spiro atoms. The molecule has 0 aliphatic carbocycles. The second-order valence-electron chi connectivity index (χ2n) is 4.80. The molecule has 0 bridgehead atoms. The number of halogens is 1. The lowest BCUT2D eigenvalue weighted by Gasteiger charge is -2.13. The summed E-state index contributed by atoms with van der Waals surface area (Å²) in [4.78, 5) is 0. The Kier molecular flexibility index (Phi) is 8.24. The minimum absolute atomic E-state index is 0.576. The van der Waals surface area contributed by atoms with Gasteiger partial charge in [0.2, 0.25) is 0 Å². The molecule has 0 saturated heterocycles. The van der Waals surface area contributed by atoms with Gasteiger partial charge in [0.25, 0.3) is 0 Å². The lowest BCUT2D eigenvalue weighted by Crippen LogP contribution is -2.17. The van der Waals surface area contributed by atoms with Crippen molar-refractivity contribution in [2.45, 2.75) is 33.6 Å². The van der Waals surface area contributed by atoms with Crippen LogP contribution in [0.25, 0.3) is 6.08 Å². The third-order valence-corrected chi connectivity index (χ3v) is 3.42. The van der Waals surface area contributed by atoms with Gasteiger partial charge in [-0.05, 0) is 44.0 Å². The number of methoxy groups -OCH3 is 1. The van der Waals surface area contributed by atoms with Gasteiger partial charge in [0, 0.05) is 6.54 Å². The summed E-state index contributed by atoms with van der Waals surface area (Å²) in [5.41, 5.74) is 2.38. The Hall–Kier alpha value is -1.19. The van der Waals surface area contributed by atoms with Gasteiger partial charge in [-0.15, -0.1) is 0 Å². The second-order valence-corrected chi connectivity index (χ2v) is 5.21. The first kappa shape index (κ1) is 17.9. The summed E-state index contributed by atoms with van der Waals surface area (Å²) in [6.45, 7) is 8.79. The SMILES string of the molecule is CCCNCC(=Cc1cc(Cl)c(OC)c(OCC)c1)CC. The molecule has 0 unspecified atom stereocenters. The molecule has 1 aromatic rings. The normalized spacial score (nSPS) is 11.6. The van der Waals surface area contributed by atoms with Crippen LogP contribution in [0.2, 0.25) is 5.02 Å². The summed E-state index contributed by atoms with van der Waals surface area (Å²) in [6, 6.07) is 3.89. The smallest absolute Gasteiger partial charge is 0.179 e. The number of benzene rings is 1. The summed E-state index contributed by atoms with van der Waals surface area (Å²) in [6.07, 6.45) is 4.31. The molecule has 1 rings (SSSR count). The molecule has 1 N–H and O–H groups in total. The van der Waals surface area contributed by atoms with E-state index >= 15 is 0 Å². The maximum atomic E-state index is 6.27. The average molecular weight is 312 g/mol. The van der Waals surface area contributed by atoms with Crippen molar-refractivity contribution in [2.24, 2.45) is 0 Å². The predicted molar refractivity (Wildman–Crippen MR) is 90.6 cm³/mol. The third-order valence-electron chi connectivity index (χ3n) is 3.14. The van der Waals surface area contributed by atoms with Gasteiger partial charge in [-0.25, -0.2) is 0 Å². The van der Waals surface area contributed by atoms with E-state index in [0.717, 1.165) is 31.5 Å². The molecule has 3 nitrogen and oxygen atoms in total. The fraction of sp³-hybridized carbons (Fsp3) is 0.529. The number of hydrogen-bond donors (Lipinski definition) is 1. The quantitative estimate of drug-likeness (QED) is 0.679. The molecule has 0 radical (unpaired) electrons. The van der Waals surface area contributed by atoms with Gasteiger partial charge in [-0.3, -0.25) is 0 Å². The molecule has 0 fully saturated rings. The standard InChI is InChI=1S/C17H26ClNO2/c1-5-8-19-12-13(6-2)9-14-10-15(18)17(20-4)16(11-14)21-7-3/h9-11,19H,5-8,12H2,1-4H3. The Bertz CT molecular complexity index is 472. The summed E-state index contributed by atoms with van der Waals surface area (Å²) >= 11 is 6.27. The first-order valence-corrected chi connectivity index (χ1v) is 7.94. The fourth-order valence-corrected chi connectivity index (χ4v) is 2.37. The van der Waals surface area contributed by atoms with Gasteiger partial charge in [0.15, 0.2) is 11.5 Å². The highest BCUT2D eigenvalue weighted by Gasteiger charge is 2.10. The molecule has 0 saturated carbocycles. The summed E-state index contributed by atoms with van der Waals surface area (Å²) in [7, 11) is 1.60. The van der Waals surface area contributed by atoms with E-state index in [1.807, 2.05) is 19.1 Å². The highest BCUT2D eigenvalue weighted by atomic mass is 35.5. The first-order valence-electron chi connectivity index (χ1n) is 7.56. The zero-order valence-corrected chi connectivity index (χ0v) is 14.2. The molecule has 0 aliphatic rings. The summed E-state index contributed by atoms with van der Waals surface area (Å²) in [5, 5.41) is 4.00. The molecular formula is C17H26ClNO2. The Morgan fingerprint density at radius 2 is 2.05 bits per heavy atom. The maximum absolute atomic E-state index is 6.27. The highest BCUT2D eigenvalue weighted by molar-refractivity contribution is 6.32. The maximum Gasteiger partial charge on any atom is 0.179 e. The van der Waals surface area contributed by atoms with E-state index in [4.69, 9.17) is 21.1 Å². The van der Waals surface area contributed by atoms with E-state index in [-0.39, 0.29) is 0 Å². The molecule has 0 amide bonds. The topological polar surface area (TPSA) is 30.5 Å². The molecule has 0 atom stereocenters. The van der Waals surface area contributed by atoms with Crippen LogP contribution in [0.5, 0.6) is 11.5 Å². The summed E-state index contributed by atoms with van der Waals surface area (Å²) < 4.78 is 10.9. The van der Waals surface area contributed by atoms with E-state index in [1.54, 1.807) is 7.11 Å². The number of rotatable bonds is 9. The van der Waals surface area contributed by atoms with Crippen molar-refractivity contribution in [2.75, 3.05) is 26.8 Å². The molecule has 4 heteroatoms. The van der Waals surface area contributed by atoms with E-state index in [0.29, 0.717) is 23.1 Å². The first-order chi connectivity index (χ1) is 10.2. The van der Waals surface area contributed by atoms with Gasteiger partial charge in [0.05, 0.1) is 18.7 Å². The van der Waals surface area contributed by atoms with Gasteiger partial charge in [-0.1, -0.05) is 37.1 Å².